The molecule has 0 saturated heterocycles. The Morgan fingerprint density at radius 3 is 1.21 bits per heavy atom. The summed E-state index contributed by atoms with van der Waals surface area (Å²) in [5, 5.41) is 0. The lowest BCUT2D eigenvalue weighted by molar-refractivity contribution is -0.188. The maximum atomic E-state index is 14.8. The van der Waals surface area contributed by atoms with E-state index in [0.717, 1.165) is 80.3 Å². The smallest absolute Gasteiger partial charge is 0.426 e. The van der Waals surface area contributed by atoms with Crippen molar-refractivity contribution in [1.82, 2.24) is 0 Å². The molecule has 0 radical (unpaired) electrons. The van der Waals surface area contributed by atoms with Crippen LogP contribution < -0.4 is 9.47 Å². The fourth-order valence-corrected chi connectivity index (χ4v) is 4.41. The van der Waals surface area contributed by atoms with Crippen LogP contribution in [0, 0.1) is 0 Å². The Kier molecular flexibility index (Phi) is 11.7. The molecule has 212 valence electrons. The highest BCUT2D eigenvalue weighted by molar-refractivity contribution is 5.32. The van der Waals surface area contributed by atoms with Crippen molar-refractivity contribution in [3.05, 3.63) is 95.1 Å². The molecule has 39 heavy (non-hydrogen) atoms. The summed E-state index contributed by atoms with van der Waals surface area (Å²) >= 11 is 0. The van der Waals surface area contributed by atoms with E-state index >= 15 is 0 Å². The molecule has 0 spiro atoms. The summed E-state index contributed by atoms with van der Waals surface area (Å²) in [7, 11) is 0. The number of rotatable bonds is 17. The van der Waals surface area contributed by atoms with Crippen LogP contribution in [0.1, 0.15) is 93.9 Å². The van der Waals surface area contributed by atoms with Gasteiger partial charge in [-0.3, -0.25) is 0 Å². The normalized spacial score (nSPS) is 11.9. The van der Waals surface area contributed by atoms with Gasteiger partial charge in [0.15, 0.2) is 0 Å². The third kappa shape index (κ3) is 9.90. The van der Waals surface area contributed by atoms with Gasteiger partial charge < -0.3 is 9.47 Å². The Hall–Kier alpha value is -3.02. The topological polar surface area (TPSA) is 18.5 Å². The molecule has 0 aromatic heterocycles. The fraction of sp³-hybridized carbons (Fsp3) is 0.455. The Morgan fingerprint density at radius 1 is 0.462 bits per heavy atom. The first-order valence-corrected chi connectivity index (χ1v) is 14.2. The third-order valence-electron chi connectivity index (χ3n) is 6.78. The van der Waals surface area contributed by atoms with E-state index in [0.29, 0.717) is 0 Å². The van der Waals surface area contributed by atoms with Crippen molar-refractivity contribution in [2.75, 3.05) is 0 Å². The number of ether oxygens (including phenoxy) is 2. The summed E-state index contributed by atoms with van der Waals surface area (Å²) in [5.41, 5.74) is 1.08. The molecule has 0 atom stereocenters. The van der Waals surface area contributed by atoms with E-state index in [1.807, 2.05) is 0 Å². The van der Waals surface area contributed by atoms with Crippen LogP contribution in [0.25, 0.3) is 0 Å². The summed E-state index contributed by atoms with van der Waals surface area (Å²) in [5.74, 6) is 0.0273. The predicted octanol–water partition coefficient (Wildman–Crippen LogP) is 10.6. The quantitative estimate of drug-likeness (QED) is 0.124. The van der Waals surface area contributed by atoms with Crippen molar-refractivity contribution in [1.29, 1.82) is 0 Å². The van der Waals surface area contributed by atoms with E-state index in [2.05, 4.69) is 13.8 Å². The van der Waals surface area contributed by atoms with Gasteiger partial charge in [0, 0.05) is 0 Å². The fourth-order valence-electron chi connectivity index (χ4n) is 4.41. The number of aryl methyl sites for hydroxylation is 2. The molecule has 0 amide bonds. The first-order chi connectivity index (χ1) is 18.7. The van der Waals surface area contributed by atoms with E-state index in [9.17, 15) is 17.6 Å². The van der Waals surface area contributed by atoms with Crippen LogP contribution in [0.3, 0.4) is 0 Å². The summed E-state index contributed by atoms with van der Waals surface area (Å²) in [4.78, 5) is 0. The van der Waals surface area contributed by atoms with Gasteiger partial charge in [-0.25, -0.2) is 0 Å². The average Bonchev–Trinajstić information content (AvgIpc) is 2.92. The zero-order valence-corrected chi connectivity index (χ0v) is 23.0. The van der Waals surface area contributed by atoms with Gasteiger partial charge in [0.1, 0.15) is 11.5 Å². The number of halogens is 4. The molecule has 0 N–H and O–H groups in total. The van der Waals surface area contributed by atoms with Gasteiger partial charge in [0.25, 0.3) is 0 Å². The largest absolute Gasteiger partial charge is 0.429 e. The second-order valence-electron chi connectivity index (χ2n) is 10.1. The molecular formula is C33H40F4O2. The van der Waals surface area contributed by atoms with Gasteiger partial charge in [-0.05, 0) is 85.3 Å². The number of benzene rings is 3. The van der Waals surface area contributed by atoms with Gasteiger partial charge in [-0.2, -0.15) is 17.6 Å². The minimum atomic E-state index is -3.68. The highest BCUT2D eigenvalue weighted by atomic mass is 19.3. The molecule has 0 saturated carbocycles. The Labute approximate surface area is 230 Å². The van der Waals surface area contributed by atoms with Gasteiger partial charge in [0.05, 0.1) is 11.1 Å². The molecule has 0 aliphatic heterocycles. The third-order valence-corrected chi connectivity index (χ3v) is 6.78. The highest BCUT2D eigenvalue weighted by Crippen LogP contribution is 2.36. The Balaban J connectivity index is 1.54. The standard InChI is InChI=1S/C33H40F4O2/c1-3-5-7-8-9-11-13-27-16-24-31(25-17-27)39-33(36,37)29-20-18-28(19-21-29)32(34,35)38-30-22-14-26(15-23-30)12-10-6-4-2/h14-25H,3-13H2,1-2H3. The highest BCUT2D eigenvalue weighted by Gasteiger charge is 2.38. The molecule has 3 aromatic carbocycles. The van der Waals surface area contributed by atoms with Gasteiger partial charge in [-0.1, -0.05) is 83.1 Å². The zero-order valence-electron chi connectivity index (χ0n) is 23.0. The number of alkyl halides is 4. The van der Waals surface area contributed by atoms with Gasteiger partial charge in [0.2, 0.25) is 0 Å². The minimum Gasteiger partial charge on any atom is -0.429 e. The molecule has 0 bridgehead atoms. The molecule has 0 unspecified atom stereocenters. The lowest BCUT2D eigenvalue weighted by atomic mass is 10.0. The molecule has 0 fully saturated rings. The average molecular weight is 545 g/mol. The summed E-state index contributed by atoms with van der Waals surface area (Å²) in [6, 6.07) is 16.9. The van der Waals surface area contributed by atoms with Crippen LogP contribution in [0.4, 0.5) is 17.6 Å². The molecule has 3 aromatic rings. The van der Waals surface area contributed by atoms with E-state index in [-0.39, 0.29) is 11.5 Å². The van der Waals surface area contributed by atoms with Crippen LogP contribution in [-0.4, -0.2) is 0 Å². The van der Waals surface area contributed by atoms with Crippen LogP contribution >= 0.6 is 0 Å². The van der Waals surface area contributed by atoms with Crippen molar-refractivity contribution >= 4 is 0 Å². The lowest BCUT2D eigenvalue weighted by Gasteiger charge is -2.21. The molecule has 0 aliphatic rings. The van der Waals surface area contributed by atoms with Crippen molar-refractivity contribution < 1.29 is 27.0 Å². The van der Waals surface area contributed by atoms with Gasteiger partial charge in [-0.15, -0.1) is 0 Å². The van der Waals surface area contributed by atoms with Crippen LogP contribution in [0.2, 0.25) is 0 Å². The maximum Gasteiger partial charge on any atom is 0.426 e. The SMILES string of the molecule is CCCCCCCCc1ccc(OC(F)(F)c2ccc(C(F)(F)Oc3ccc(CCCCC)cc3)cc2)cc1. The van der Waals surface area contributed by atoms with Crippen LogP contribution in [-0.2, 0) is 25.1 Å². The lowest BCUT2D eigenvalue weighted by Crippen LogP contribution is -2.24. The summed E-state index contributed by atoms with van der Waals surface area (Å²) < 4.78 is 68.8. The van der Waals surface area contributed by atoms with E-state index in [4.69, 9.17) is 9.47 Å². The second kappa shape index (κ2) is 14.9. The van der Waals surface area contributed by atoms with Crippen molar-refractivity contribution in [3.8, 4) is 11.5 Å². The monoisotopic (exact) mass is 544 g/mol. The maximum absolute atomic E-state index is 14.8. The molecule has 3 rings (SSSR count). The van der Waals surface area contributed by atoms with Crippen LogP contribution in [0.5, 0.6) is 11.5 Å². The van der Waals surface area contributed by atoms with E-state index in [1.165, 1.54) is 49.9 Å². The number of hydrogen-bond acceptors (Lipinski definition) is 2. The number of unbranched alkanes of at least 4 members (excludes halogenated alkanes) is 7. The molecule has 0 heterocycles. The Bertz CT molecular complexity index is 1090. The van der Waals surface area contributed by atoms with Gasteiger partial charge >= 0.3 is 12.2 Å². The summed E-state index contributed by atoms with van der Waals surface area (Å²) in [6.45, 7) is 4.31. The second-order valence-corrected chi connectivity index (χ2v) is 10.1. The minimum absolute atomic E-state index is 0.0110. The van der Waals surface area contributed by atoms with Crippen molar-refractivity contribution in [3.63, 3.8) is 0 Å². The summed E-state index contributed by atoms with van der Waals surface area (Å²) in [6.07, 6.45) is 4.83. The number of hydrogen-bond donors (Lipinski definition) is 0. The van der Waals surface area contributed by atoms with E-state index in [1.54, 1.807) is 24.3 Å². The van der Waals surface area contributed by atoms with Crippen LogP contribution in [0.15, 0.2) is 72.8 Å². The Morgan fingerprint density at radius 2 is 0.795 bits per heavy atom. The van der Waals surface area contributed by atoms with Crippen molar-refractivity contribution in [2.24, 2.45) is 0 Å². The molecule has 2 nitrogen and oxygen atoms in total. The molecule has 0 aliphatic carbocycles. The first kappa shape index (κ1) is 30.5. The van der Waals surface area contributed by atoms with Crippen molar-refractivity contribution in [2.45, 2.75) is 96.7 Å². The van der Waals surface area contributed by atoms with E-state index < -0.39 is 23.3 Å². The first-order valence-electron chi connectivity index (χ1n) is 14.2. The molecule has 6 heteroatoms. The zero-order chi connectivity index (χ0) is 28.1. The predicted molar refractivity (Wildman–Crippen MR) is 149 cm³/mol. The molecular weight excluding hydrogens is 504 g/mol.